The zero-order valence-corrected chi connectivity index (χ0v) is 18.1. The van der Waals surface area contributed by atoms with Crippen molar-refractivity contribution < 1.29 is 39.0 Å². The monoisotopic (exact) mass is 457 g/mol. The zero-order valence-electron chi connectivity index (χ0n) is 18.1. The van der Waals surface area contributed by atoms with Gasteiger partial charge >= 0.3 is 11.9 Å². The van der Waals surface area contributed by atoms with Gasteiger partial charge in [0.15, 0.2) is 0 Å². The van der Waals surface area contributed by atoms with Crippen molar-refractivity contribution >= 4 is 35.6 Å². The van der Waals surface area contributed by atoms with Gasteiger partial charge < -0.3 is 37.2 Å². The molecule has 13 nitrogen and oxygen atoms in total. The van der Waals surface area contributed by atoms with Crippen molar-refractivity contribution in [2.45, 2.75) is 70.1 Å². The molecule has 0 spiro atoms. The normalized spacial score (nSPS) is 18.3. The Hall–Kier alpha value is -3.22. The molecule has 0 aromatic carbocycles. The molecule has 0 aromatic rings. The van der Waals surface area contributed by atoms with Crippen LogP contribution in [-0.2, 0) is 28.8 Å². The SMILES string of the molecule is CC(C)C(NC(=O)C1CCCN1)C(=O)NC(CC(N)=O)C(=O)NC(CCC(=O)O)C(=O)O. The van der Waals surface area contributed by atoms with E-state index in [4.69, 9.17) is 10.8 Å². The van der Waals surface area contributed by atoms with E-state index in [-0.39, 0.29) is 11.8 Å². The second kappa shape index (κ2) is 12.6. The maximum absolute atomic E-state index is 12.8. The van der Waals surface area contributed by atoms with Gasteiger partial charge in [0.05, 0.1) is 12.5 Å². The van der Waals surface area contributed by atoms with Crippen LogP contribution >= 0.6 is 0 Å². The maximum Gasteiger partial charge on any atom is 0.326 e. The Labute approximate surface area is 184 Å². The molecule has 1 rings (SSSR count). The zero-order chi connectivity index (χ0) is 24.4. The summed E-state index contributed by atoms with van der Waals surface area (Å²) in [5, 5.41) is 28.0. The lowest BCUT2D eigenvalue weighted by Crippen LogP contribution is -2.58. The summed E-state index contributed by atoms with van der Waals surface area (Å²) in [6.07, 6.45) is -0.0821. The molecule has 180 valence electrons. The van der Waals surface area contributed by atoms with Gasteiger partial charge in [0.1, 0.15) is 18.1 Å². The summed E-state index contributed by atoms with van der Waals surface area (Å²) >= 11 is 0. The first kappa shape index (κ1) is 26.8. The molecular formula is C19H31N5O8. The first-order valence-electron chi connectivity index (χ1n) is 10.3. The van der Waals surface area contributed by atoms with Gasteiger partial charge in [-0.1, -0.05) is 13.8 Å². The minimum absolute atomic E-state index is 0.361. The fourth-order valence-electron chi connectivity index (χ4n) is 3.17. The Balaban J connectivity index is 2.89. The van der Waals surface area contributed by atoms with Crippen LogP contribution in [0.2, 0.25) is 0 Å². The number of carboxylic acids is 2. The highest BCUT2D eigenvalue weighted by Crippen LogP contribution is 2.09. The molecule has 32 heavy (non-hydrogen) atoms. The van der Waals surface area contributed by atoms with E-state index in [0.29, 0.717) is 13.0 Å². The first-order chi connectivity index (χ1) is 14.9. The van der Waals surface area contributed by atoms with Gasteiger partial charge in [0.25, 0.3) is 0 Å². The molecular weight excluding hydrogens is 426 g/mol. The number of hydrogen-bond donors (Lipinski definition) is 7. The second-order valence-corrected chi connectivity index (χ2v) is 7.94. The second-order valence-electron chi connectivity index (χ2n) is 7.94. The predicted molar refractivity (Wildman–Crippen MR) is 110 cm³/mol. The van der Waals surface area contributed by atoms with E-state index in [9.17, 15) is 33.9 Å². The molecule has 0 aliphatic carbocycles. The Morgan fingerprint density at radius 3 is 2.09 bits per heavy atom. The number of carboxylic acid groups (broad SMARTS) is 2. The number of aliphatic carboxylic acids is 2. The molecule has 0 bridgehead atoms. The van der Waals surface area contributed by atoms with Crippen LogP contribution in [-0.4, -0.2) is 76.5 Å². The maximum atomic E-state index is 12.8. The van der Waals surface area contributed by atoms with Crippen molar-refractivity contribution in [2.75, 3.05) is 6.54 Å². The van der Waals surface area contributed by atoms with Crippen LogP contribution in [0.1, 0.15) is 46.0 Å². The number of primary amides is 1. The number of rotatable bonds is 13. The molecule has 0 saturated carbocycles. The molecule has 1 heterocycles. The topological polar surface area (TPSA) is 217 Å². The third kappa shape index (κ3) is 8.88. The molecule has 1 fully saturated rings. The third-order valence-electron chi connectivity index (χ3n) is 4.92. The van der Waals surface area contributed by atoms with Crippen molar-refractivity contribution in [1.29, 1.82) is 0 Å². The Kier molecular flexibility index (Phi) is 10.5. The van der Waals surface area contributed by atoms with Crippen LogP contribution in [0, 0.1) is 5.92 Å². The molecule has 0 radical (unpaired) electrons. The molecule has 4 amide bonds. The van der Waals surface area contributed by atoms with E-state index in [1.165, 1.54) is 0 Å². The van der Waals surface area contributed by atoms with Crippen LogP contribution in [0.15, 0.2) is 0 Å². The summed E-state index contributed by atoms with van der Waals surface area (Å²) in [5.41, 5.74) is 5.15. The lowest BCUT2D eigenvalue weighted by molar-refractivity contribution is -0.143. The van der Waals surface area contributed by atoms with Crippen LogP contribution in [0.3, 0.4) is 0 Å². The van der Waals surface area contributed by atoms with Gasteiger partial charge in [-0.2, -0.15) is 0 Å². The van der Waals surface area contributed by atoms with E-state index >= 15 is 0 Å². The van der Waals surface area contributed by atoms with Gasteiger partial charge in [-0.15, -0.1) is 0 Å². The van der Waals surface area contributed by atoms with E-state index in [1.807, 2.05) is 0 Å². The summed E-state index contributed by atoms with van der Waals surface area (Å²) < 4.78 is 0. The molecule has 8 N–H and O–H groups in total. The summed E-state index contributed by atoms with van der Waals surface area (Å²) in [5.74, 6) is -6.14. The first-order valence-corrected chi connectivity index (χ1v) is 10.3. The van der Waals surface area contributed by atoms with Gasteiger partial charge in [0.2, 0.25) is 23.6 Å². The molecule has 1 aliphatic rings. The molecule has 1 aliphatic heterocycles. The fraction of sp³-hybridized carbons (Fsp3) is 0.684. The van der Waals surface area contributed by atoms with Crippen molar-refractivity contribution in [3.8, 4) is 0 Å². The number of hydrogen-bond acceptors (Lipinski definition) is 7. The lowest BCUT2D eigenvalue weighted by Gasteiger charge is -2.26. The number of carbonyl (C=O) groups is 6. The van der Waals surface area contributed by atoms with Crippen molar-refractivity contribution in [2.24, 2.45) is 11.7 Å². The van der Waals surface area contributed by atoms with E-state index in [0.717, 1.165) is 6.42 Å². The summed E-state index contributed by atoms with van der Waals surface area (Å²) in [4.78, 5) is 71.2. The summed E-state index contributed by atoms with van der Waals surface area (Å²) in [6, 6.07) is -4.50. The van der Waals surface area contributed by atoms with Crippen molar-refractivity contribution in [3.05, 3.63) is 0 Å². The Morgan fingerprint density at radius 1 is 1.00 bits per heavy atom. The van der Waals surface area contributed by atoms with Gasteiger partial charge in [-0.05, 0) is 31.7 Å². The average molecular weight is 457 g/mol. The quantitative estimate of drug-likeness (QED) is 0.158. The molecule has 4 unspecified atom stereocenters. The van der Waals surface area contributed by atoms with Crippen LogP contribution in [0.4, 0.5) is 0 Å². The smallest absolute Gasteiger partial charge is 0.326 e. The van der Waals surface area contributed by atoms with E-state index in [1.54, 1.807) is 13.8 Å². The number of amides is 4. The highest BCUT2D eigenvalue weighted by Gasteiger charge is 2.33. The molecule has 1 saturated heterocycles. The number of carbonyl (C=O) groups excluding carboxylic acids is 4. The van der Waals surface area contributed by atoms with Crippen molar-refractivity contribution in [3.63, 3.8) is 0 Å². The third-order valence-corrected chi connectivity index (χ3v) is 4.92. The fourth-order valence-corrected chi connectivity index (χ4v) is 3.17. The molecule has 4 atom stereocenters. The summed E-state index contributed by atoms with van der Waals surface area (Å²) in [6.45, 7) is 4.05. The van der Waals surface area contributed by atoms with E-state index in [2.05, 4.69) is 21.3 Å². The largest absolute Gasteiger partial charge is 0.481 e. The summed E-state index contributed by atoms with van der Waals surface area (Å²) in [7, 11) is 0. The van der Waals surface area contributed by atoms with E-state index < -0.39 is 73.1 Å². The highest BCUT2D eigenvalue weighted by atomic mass is 16.4. The molecule has 0 aromatic heterocycles. The van der Waals surface area contributed by atoms with Gasteiger partial charge in [0, 0.05) is 6.42 Å². The predicted octanol–water partition coefficient (Wildman–Crippen LogP) is -2.33. The van der Waals surface area contributed by atoms with Gasteiger partial charge in [-0.25, -0.2) is 4.79 Å². The Morgan fingerprint density at radius 2 is 1.62 bits per heavy atom. The standard InChI is InChI=1S/C19H31N5O8/c1-9(2)15(24-16(28)10-4-3-7-21-10)18(30)23-12(8-13(20)25)17(29)22-11(19(31)32)5-6-14(26)27/h9-12,15,21H,3-8H2,1-2H3,(H2,20,25)(H,22,29)(H,23,30)(H,24,28)(H,26,27)(H,31,32). The number of nitrogens with one attached hydrogen (secondary N) is 4. The minimum Gasteiger partial charge on any atom is -0.481 e. The van der Waals surface area contributed by atoms with Gasteiger partial charge in [-0.3, -0.25) is 24.0 Å². The van der Waals surface area contributed by atoms with Crippen LogP contribution in [0.25, 0.3) is 0 Å². The average Bonchev–Trinajstić information content (AvgIpc) is 3.22. The van der Waals surface area contributed by atoms with Crippen molar-refractivity contribution in [1.82, 2.24) is 21.3 Å². The molecule has 13 heteroatoms. The van der Waals surface area contributed by atoms with Crippen LogP contribution in [0.5, 0.6) is 0 Å². The minimum atomic E-state index is -1.54. The number of nitrogens with two attached hydrogens (primary N) is 1. The highest BCUT2D eigenvalue weighted by molar-refractivity contribution is 5.96. The van der Waals surface area contributed by atoms with Crippen LogP contribution < -0.4 is 27.0 Å². The lowest BCUT2D eigenvalue weighted by atomic mass is 10.0. The Bertz CT molecular complexity index is 735.